The van der Waals surface area contributed by atoms with Crippen molar-refractivity contribution >= 4 is 29.3 Å². The molecular formula is C21H23N3O4. The maximum absolute atomic E-state index is 12.1. The highest BCUT2D eigenvalue weighted by Crippen LogP contribution is 2.32. The summed E-state index contributed by atoms with van der Waals surface area (Å²) in [6.07, 6.45) is 2.26. The average molecular weight is 381 g/mol. The Labute approximate surface area is 163 Å². The second-order valence-corrected chi connectivity index (χ2v) is 6.79. The lowest BCUT2D eigenvalue weighted by Gasteiger charge is -2.12. The van der Waals surface area contributed by atoms with Gasteiger partial charge in [0, 0.05) is 17.4 Å². The Morgan fingerprint density at radius 1 is 0.964 bits per heavy atom. The van der Waals surface area contributed by atoms with Crippen LogP contribution < -0.4 is 16.0 Å². The molecule has 0 saturated heterocycles. The fourth-order valence-electron chi connectivity index (χ4n) is 2.73. The molecule has 0 radical (unpaired) electrons. The number of urea groups is 1. The second-order valence-electron chi connectivity index (χ2n) is 6.79. The normalized spacial score (nSPS) is 13.9. The molecule has 1 saturated carbocycles. The highest BCUT2D eigenvalue weighted by molar-refractivity contribution is 6.00. The molecule has 2 aromatic rings. The Hall–Kier alpha value is -3.35. The zero-order valence-corrected chi connectivity index (χ0v) is 15.6. The lowest BCUT2D eigenvalue weighted by Crippen LogP contribution is -2.37. The number of ether oxygens (including phenoxy) is 1. The van der Waals surface area contributed by atoms with Crippen LogP contribution in [0, 0.1) is 5.92 Å². The Bertz CT molecular complexity index is 832. The first-order valence-corrected chi connectivity index (χ1v) is 9.21. The fraction of sp³-hybridized carbons (Fsp3) is 0.286. The number of para-hydroxylation sites is 1. The number of nitrogens with one attached hydrogen (secondary N) is 3. The van der Waals surface area contributed by atoms with Gasteiger partial charge in [0.15, 0.2) is 6.61 Å². The highest BCUT2D eigenvalue weighted by atomic mass is 16.5. The van der Waals surface area contributed by atoms with Crippen molar-refractivity contribution in [3.05, 3.63) is 60.2 Å². The van der Waals surface area contributed by atoms with Crippen LogP contribution in [0.1, 0.15) is 30.1 Å². The Morgan fingerprint density at radius 2 is 1.57 bits per heavy atom. The van der Waals surface area contributed by atoms with Crippen molar-refractivity contribution in [3.63, 3.8) is 0 Å². The summed E-state index contributed by atoms with van der Waals surface area (Å²) in [5.41, 5.74) is 1.51. The van der Waals surface area contributed by atoms with Gasteiger partial charge >= 0.3 is 12.0 Å². The minimum Gasteiger partial charge on any atom is -0.452 e. The van der Waals surface area contributed by atoms with Crippen LogP contribution in [0.2, 0.25) is 0 Å². The van der Waals surface area contributed by atoms with E-state index in [0.717, 1.165) is 12.8 Å². The number of amides is 3. The van der Waals surface area contributed by atoms with E-state index in [1.165, 1.54) is 12.1 Å². The van der Waals surface area contributed by atoms with Gasteiger partial charge in [-0.3, -0.25) is 4.79 Å². The summed E-state index contributed by atoms with van der Waals surface area (Å²) in [5.74, 6) is -0.350. The Morgan fingerprint density at radius 3 is 2.18 bits per heavy atom. The van der Waals surface area contributed by atoms with Crippen molar-refractivity contribution in [1.29, 1.82) is 0 Å². The lowest BCUT2D eigenvalue weighted by molar-refractivity contribution is -0.124. The number of anilines is 2. The van der Waals surface area contributed by atoms with Gasteiger partial charge in [0.1, 0.15) is 0 Å². The third-order valence-corrected chi connectivity index (χ3v) is 4.46. The van der Waals surface area contributed by atoms with E-state index in [9.17, 15) is 14.4 Å². The van der Waals surface area contributed by atoms with Crippen LogP contribution in [-0.4, -0.2) is 30.6 Å². The molecule has 28 heavy (non-hydrogen) atoms. The molecule has 0 aliphatic heterocycles. The third kappa shape index (κ3) is 5.84. The molecule has 1 fully saturated rings. The molecule has 3 N–H and O–H groups in total. The first-order chi connectivity index (χ1) is 13.5. The summed E-state index contributed by atoms with van der Waals surface area (Å²) in [7, 11) is 0. The maximum Gasteiger partial charge on any atom is 0.338 e. The predicted octanol–water partition coefficient (Wildman–Crippen LogP) is 3.40. The van der Waals surface area contributed by atoms with Gasteiger partial charge in [-0.2, -0.15) is 0 Å². The molecule has 1 unspecified atom stereocenters. The SMILES string of the molecule is CC(NC(=O)COC(=O)c1ccc(NC(=O)Nc2ccccc2)cc1)C1CC1. The van der Waals surface area contributed by atoms with Crippen LogP contribution in [0.4, 0.5) is 16.2 Å². The molecule has 1 atom stereocenters. The van der Waals surface area contributed by atoms with Gasteiger partial charge in [0.05, 0.1) is 5.56 Å². The number of hydrogen-bond donors (Lipinski definition) is 3. The number of esters is 1. The summed E-state index contributed by atoms with van der Waals surface area (Å²) in [5, 5.41) is 8.21. The van der Waals surface area contributed by atoms with Crippen LogP contribution in [0.15, 0.2) is 54.6 Å². The van der Waals surface area contributed by atoms with Gasteiger partial charge in [0.2, 0.25) is 0 Å². The maximum atomic E-state index is 12.1. The van der Waals surface area contributed by atoms with E-state index < -0.39 is 5.97 Å². The smallest absolute Gasteiger partial charge is 0.338 e. The van der Waals surface area contributed by atoms with Gasteiger partial charge in [0.25, 0.3) is 5.91 Å². The van der Waals surface area contributed by atoms with Crippen LogP contribution >= 0.6 is 0 Å². The van der Waals surface area contributed by atoms with Crippen molar-refractivity contribution < 1.29 is 19.1 Å². The summed E-state index contributed by atoms with van der Waals surface area (Å²) in [6.45, 7) is 1.65. The van der Waals surface area contributed by atoms with Crippen LogP contribution in [0.3, 0.4) is 0 Å². The van der Waals surface area contributed by atoms with E-state index in [4.69, 9.17) is 4.74 Å². The summed E-state index contributed by atoms with van der Waals surface area (Å²) in [6, 6.07) is 15.0. The number of benzene rings is 2. The predicted molar refractivity (Wildman–Crippen MR) is 106 cm³/mol. The van der Waals surface area contributed by atoms with Crippen molar-refractivity contribution in [1.82, 2.24) is 5.32 Å². The molecular weight excluding hydrogens is 358 g/mol. The number of rotatable bonds is 7. The molecule has 7 nitrogen and oxygen atoms in total. The van der Waals surface area contributed by atoms with E-state index in [0.29, 0.717) is 22.9 Å². The molecule has 146 valence electrons. The van der Waals surface area contributed by atoms with Crippen molar-refractivity contribution in [2.45, 2.75) is 25.8 Å². The van der Waals surface area contributed by atoms with E-state index in [1.807, 2.05) is 25.1 Å². The Kier molecular flexibility index (Phi) is 6.26. The second kappa shape index (κ2) is 9.03. The molecule has 0 spiro atoms. The molecule has 1 aliphatic rings. The lowest BCUT2D eigenvalue weighted by atomic mass is 10.2. The van der Waals surface area contributed by atoms with Crippen LogP contribution in [-0.2, 0) is 9.53 Å². The standard InChI is InChI=1S/C21H23N3O4/c1-14(15-7-8-15)22-19(25)13-28-20(26)16-9-11-18(12-10-16)24-21(27)23-17-5-3-2-4-6-17/h2-6,9-12,14-15H,7-8,13H2,1H3,(H,22,25)(H2,23,24,27). The molecule has 7 heteroatoms. The van der Waals surface area contributed by atoms with Gasteiger partial charge in [-0.1, -0.05) is 18.2 Å². The molecule has 3 rings (SSSR count). The average Bonchev–Trinajstić information content (AvgIpc) is 3.53. The summed E-state index contributed by atoms with van der Waals surface area (Å²) >= 11 is 0. The number of hydrogen-bond acceptors (Lipinski definition) is 4. The molecule has 0 bridgehead atoms. The number of carbonyl (C=O) groups is 3. The van der Waals surface area contributed by atoms with Crippen molar-refractivity contribution in [2.24, 2.45) is 5.92 Å². The van der Waals surface area contributed by atoms with E-state index >= 15 is 0 Å². The quantitative estimate of drug-likeness (QED) is 0.641. The zero-order valence-electron chi connectivity index (χ0n) is 15.6. The topological polar surface area (TPSA) is 96.5 Å². The highest BCUT2D eigenvalue weighted by Gasteiger charge is 2.29. The first kappa shape index (κ1) is 19.4. The zero-order chi connectivity index (χ0) is 19.9. The van der Waals surface area contributed by atoms with Gasteiger partial charge < -0.3 is 20.7 Å². The third-order valence-electron chi connectivity index (χ3n) is 4.46. The van der Waals surface area contributed by atoms with E-state index in [1.54, 1.807) is 24.3 Å². The largest absolute Gasteiger partial charge is 0.452 e. The van der Waals surface area contributed by atoms with Crippen LogP contribution in [0.25, 0.3) is 0 Å². The molecule has 2 aromatic carbocycles. The Balaban J connectivity index is 1.44. The van der Waals surface area contributed by atoms with Gasteiger partial charge in [-0.05, 0) is 62.1 Å². The van der Waals surface area contributed by atoms with Gasteiger partial charge in [-0.15, -0.1) is 0 Å². The van der Waals surface area contributed by atoms with Crippen molar-refractivity contribution in [3.8, 4) is 0 Å². The summed E-state index contributed by atoms with van der Waals surface area (Å²) < 4.78 is 5.04. The first-order valence-electron chi connectivity index (χ1n) is 9.21. The molecule has 0 aromatic heterocycles. The van der Waals surface area contributed by atoms with Gasteiger partial charge in [-0.25, -0.2) is 9.59 Å². The molecule has 3 amide bonds. The van der Waals surface area contributed by atoms with Crippen molar-refractivity contribution in [2.75, 3.05) is 17.2 Å². The van der Waals surface area contributed by atoms with E-state index in [2.05, 4.69) is 16.0 Å². The van der Waals surface area contributed by atoms with E-state index in [-0.39, 0.29) is 24.6 Å². The number of carbonyl (C=O) groups excluding carboxylic acids is 3. The molecule has 1 aliphatic carbocycles. The monoisotopic (exact) mass is 381 g/mol. The van der Waals surface area contributed by atoms with Crippen LogP contribution in [0.5, 0.6) is 0 Å². The minimum atomic E-state index is -0.588. The fourth-order valence-corrected chi connectivity index (χ4v) is 2.73. The minimum absolute atomic E-state index is 0.110. The molecule has 0 heterocycles. The summed E-state index contributed by atoms with van der Waals surface area (Å²) in [4.78, 5) is 35.8.